The molecule has 1 aliphatic rings. The summed E-state index contributed by atoms with van der Waals surface area (Å²) in [5, 5.41) is 0. The Kier molecular flexibility index (Phi) is 3.01. The van der Waals surface area contributed by atoms with E-state index in [1.165, 1.54) is 23.1 Å². The molecular weight excluding hydrogens is 258 g/mol. The highest BCUT2D eigenvalue weighted by molar-refractivity contribution is 7.89. The third-order valence-corrected chi connectivity index (χ3v) is 3.92. The van der Waals surface area contributed by atoms with Gasteiger partial charge < -0.3 is 9.64 Å². The van der Waals surface area contributed by atoms with E-state index in [1.807, 2.05) is 0 Å². The van der Waals surface area contributed by atoms with Crippen molar-refractivity contribution in [2.45, 2.75) is 17.9 Å². The van der Waals surface area contributed by atoms with Crippen LogP contribution in [0, 0.1) is 0 Å². The molecule has 7 nitrogen and oxygen atoms in total. The third-order valence-electron chi connectivity index (χ3n) is 2.74. The minimum atomic E-state index is -3.75. The molecule has 1 amide bonds. The van der Waals surface area contributed by atoms with Crippen molar-refractivity contribution >= 4 is 21.6 Å². The second kappa shape index (κ2) is 4.23. The summed E-state index contributed by atoms with van der Waals surface area (Å²) in [7, 11) is -2.19. The number of carbonyl (C=O) groups excluding carboxylic acids is 1. The summed E-state index contributed by atoms with van der Waals surface area (Å²) in [6.07, 6.45) is -0.586. The van der Waals surface area contributed by atoms with E-state index >= 15 is 0 Å². The van der Waals surface area contributed by atoms with Crippen molar-refractivity contribution in [2.24, 2.45) is 5.84 Å². The Morgan fingerprint density at radius 1 is 1.44 bits per heavy atom. The fourth-order valence-electron chi connectivity index (χ4n) is 1.73. The van der Waals surface area contributed by atoms with Crippen LogP contribution in [0.1, 0.15) is 6.92 Å². The molecule has 0 saturated heterocycles. The summed E-state index contributed by atoms with van der Waals surface area (Å²) >= 11 is 0. The van der Waals surface area contributed by atoms with Gasteiger partial charge in [0, 0.05) is 7.05 Å². The lowest BCUT2D eigenvalue weighted by Crippen LogP contribution is -2.42. The van der Waals surface area contributed by atoms with E-state index in [4.69, 9.17) is 10.6 Å². The first-order valence-corrected chi connectivity index (χ1v) is 6.66. The monoisotopic (exact) mass is 271 g/mol. The number of sulfonamides is 1. The first kappa shape index (κ1) is 12.8. The maximum absolute atomic E-state index is 11.7. The average molecular weight is 271 g/mol. The van der Waals surface area contributed by atoms with Gasteiger partial charge in [0.2, 0.25) is 0 Å². The second-order valence-electron chi connectivity index (χ2n) is 3.91. The lowest BCUT2D eigenvalue weighted by molar-refractivity contribution is -0.125. The highest BCUT2D eigenvalue weighted by Crippen LogP contribution is 2.34. The van der Waals surface area contributed by atoms with Crippen molar-refractivity contribution in [3.8, 4) is 5.75 Å². The van der Waals surface area contributed by atoms with E-state index in [-0.39, 0.29) is 10.8 Å². The molecule has 0 aromatic heterocycles. The zero-order chi connectivity index (χ0) is 13.5. The van der Waals surface area contributed by atoms with E-state index in [0.717, 1.165) is 0 Å². The number of nitrogens with one attached hydrogen (secondary N) is 1. The Morgan fingerprint density at radius 3 is 2.72 bits per heavy atom. The zero-order valence-electron chi connectivity index (χ0n) is 9.88. The van der Waals surface area contributed by atoms with E-state index < -0.39 is 16.1 Å². The molecule has 0 bridgehead atoms. The SMILES string of the molecule is CC1Oc2ccc(S(=O)(=O)NN)cc2N(C)C1=O. The minimum Gasteiger partial charge on any atom is -0.479 e. The number of rotatable bonds is 2. The average Bonchev–Trinajstić information content (AvgIpc) is 2.35. The Hall–Kier alpha value is -1.64. The van der Waals surface area contributed by atoms with Crippen LogP contribution < -0.4 is 20.3 Å². The number of likely N-dealkylation sites (N-methyl/N-ethyl adjacent to an activating group) is 1. The molecule has 1 aromatic carbocycles. The number of nitrogens with two attached hydrogens (primary N) is 1. The van der Waals surface area contributed by atoms with Gasteiger partial charge in [0.05, 0.1) is 10.6 Å². The van der Waals surface area contributed by atoms with Crippen LogP contribution in [0.15, 0.2) is 23.1 Å². The van der Waals surface area contributed by atoms with Gasteiger partial charge in [-0.1, -0.05) is 0 Å². The number of hydrogen-bond acceptors (Lipinski definition) is 5. The smallest absolute Gasteiger partial charge is 0.267 e. The topological polar surface area (TPSA) is 102 Å². The second-order valence-corrected chi connectivity index (χ2v) is 5.62. The fourth-order valence-corrected chi connectivity index (χ4v) is 2.38. The first-order chi connectivity index (χ1) is 8.36. The number of amides is 1. The molecule has 2 rings (SSSR count). The number of hydrazine groups is 1. The van der Waals surface area contributed by atoms with Crippen molar-refractivity contribution in [1.29, 1.82) is 0 Å². The van der Waals surface area contributed by atoms with Crippen LogP contribution in [-0.4, -0.2) is 27.5 Å². The number of fused-ring (bicyclic) bond motifs is 1. The molecule has 8 heteroatoms. The van der Waals surface area contributed by atoms with Gasteiger partial charge in [-0.05, 0) is 25.1 Å². The number of carbonyl (C=O) groups is 1. The predicted molar refractivity (Wildman–Crippen MR) is 64.5 cm³/mol. The van der Waals surface area contributed by atoms with Crippen LogP contribution in [0.3, 0.4) is 0 Å². The molecule has 0 fully saturated rings. The van der Waals surface area contributed by atoms with Gasteiger partial charge in [0.15, 0.2) is 6.10 Å². The predicted octanol–water partition coefficient (Wildman–Crippen LogP) is -0.418. The standard InChI is InChI=1S/C10H13N3O4S/c1-6-10(14)13(2)8-5-7(18(15,16)12-11)3-4-9(8)17-6/h3-6,12H,11H2,1-2H3. The van der Waals surface area contributed by atoms with Crippen LogP contribution in [0.4, 0.5) is 5.69 Å². The van der Waals surface area contributed by atoms with Crippen molar-refractivity contribution in [3.63, 3.8) is 0 Å². The van der Waals surface area contributed by atoms with Crippen molar-refractivity contribution < 1.29 is 17.9 Å². The molecule has 0 radical (unpaired) electrons. The number of benzene rings is 1. The molecule has 0 aliphatic carbocycles. The summed E-state index contributed by atoms with van der Waals surface area (Å²) < 4.78 is 28.5. The Morgan fingerprint density at radius 2 is 2.11 bits per heavy atom. The zero-order valence-corrected chi connectivity index (χ0v) is 10.7. The summed E-state index contributed by atoms with van der Waals surface area (Å²) in [5.74, 6) is 5.17. The molecule has 1 aliphatic heterocycles. The van der Waals surface area contributed by atoms with Crippen LogP contribution >= 0.6 is 0 Å². The maximum Gasteiger partial charge on any atom is 0.267 e. The fraction of sp³-hybridized carbons (Fsp3) is 0.300. The largest absolute Gasteiger partial charge is 0.479 e. The summed E-state index contributed by atoms with van der Waals surface area (Å²) in [5.41, 5.74) is 0.398. The van der Waals surface area contributed by atoms with Crippen molar-refractivity contribution in [3.05, 3.63) is 18.2 Å². The van der Waals surface area contributed by atoms with Gasteiger partial charge in [-0.2, -0.15) is 4.83 Å². The molecular formula is C10H13N3O4S. The normalized spacial score (nSPS) is 19.4. The molecule has 0 spiro atoms. The molecule has 18 heavy (non-hydrogen) atoms. The van der Waals surface area contributed by atoms with E-state index in [9.17, 15) is 13.2 Å². The Balaban J connectivity index is 2.54. The molecule has 3 N–H and O–H groups in total. The molecule has 0 saturated carbocycles. The van der Waals surface area contributed by atoms with Gasteiger partial charge in [-0.3, -0.25) is 10.6 Å². The van der Waals surface area contributed by atoms with Gasteiger partial charge in [0.1, 0.15) is 5.75 Å². The van der Waals surface area contributed by atoms with Gasteiger partial charge in [-0.15, -0.1) is 0 Å². The number of nitrogens with zero attached hydrogens (tertiary/aromatic N) is 1. The number of hydrogen-bond donors (Lipinski definition) is 2. The lowest BCUT2D eigenvalue weighted by atomic mass is 10.2. The first-order valence-electron chi connectivity index (χ1n) is 5.17. The van der Waals surface area contributed by atoms with Gasteiger partial charge in [-0.25, -0.2) is 8.42 Å². The van der Waals surface area contributed by atoms with Crippen LogP contribution in [-0.2, 0) is 14.8 Å². The number of ether oxygens (including phenoxy) is 1. The highest BCUT2D eigenvalue weighted by atomic mass is 32.2. The van der Waals surface area contributed by atoms with Gasteiger partial charge >= 0.3 is 0 Å². The molecule has 1 aromatic rings. The van der Waals surface area contributed by atoms with E-state index in [2.05, 4.69) is 0 Å². The van der Waals surface area contributed by atoms with Crippen LogP contribution in [0.25, 0.3) is 0 Å². The van der Waals surface area contributed by atoms with Gasteiger partial charge in [0.25, 0.3) is 15.9 Å². The van der Waals surface area contributed by atoms with E-state index in [0.29, 0.717) is 11.4 Å². The number of anilines is 1. The summed E-state index contributed by atoms with van der Waals surface area (Å²) in [6, 6.07) is 4.21. The summed E-state index contributed by atoms with van der Waals surface area (Å²) in [6.45, 7) is 1.63. The third kappa shape index (κ3) is 1.94. The quantitative estimate of drug-likeness (QED) is 0.562. The molecule has 1 atom stereocenters. The van der Waals surface area contributed by atoms with Crippen molar-refractivity contribution in [2.75, 3.05) is 11.9 Å². The maximum atomic E-state index is 11.7. The van der Waals surface area contributed by atoms with Crippen LogP contribution in [0.5, 0.6) is 5.75 Å². The highest BCUT2D eigenvalue weighted by Gasteiger charge is 2.30. The lowest BCUT2D eigenvalue weighted by Gasteiger charge is -2.30. The minimum absolute atomic E-state index is 0.0263. The van der Waals surface area contributed by atoms with E-state index in [1.54, 1.807) is 18.8 Å². The van der Waals surface area contributed by atoms with Crippen LogP contribution in [0.2, 0.25) is 0 Å². The molecule has 1 heterocycles. The molecule has 98 valence electrons. The Labute approximate surface area is 105 Å². The Bertz CT molecular complexity index is 599. The summed E-state index contributed by atoms with van der Waals surface area (Å²) in [4.78, 5) is 14.8. The molecule has 1 unspecified atom stereocenters. The van der Waals surface area contributed by atoms with Crippen molar-refractivity contribution in [1.82, 2.24) is 4.83 Å².